The zero-order valence-electron chi connectivity index (χ0n) is 17.2. The van der Waals surface area contributed by atoms with Gasteiger partial charge in [-0.3, -0.25) is 19.3 Å². The first-order valence-electron chi connectivity index (χ1n) is 9.45. The molecular weight excluding hydrogens is 416 g/mol. The number of para-hydroxylation sites is 1. The van der Waals surface area contributed by atoms with Gasteiger partial charge in [0, 0.05) is 11.3 Å². The van der Waals surface area contributed by atoms with E-state index in [4.69, 9.17) is 4.74 Å². The third-order valence-corrected chi connectivity index (χ3v) is 5.56. The van der Waals surface area contributed by atoms with E-state index in [1.165, 1.54) is 7.11 Å². The van der Waals surface area contributed by atoms with Crippen LogP contribution >= 0.6 is 11.8 Å². The van der Waals surface area contributed by atoms with Crippen molar-refractivity contribution >= 4 is 40.6 Å². The number of carbonyl (C=O) groups is 3. The number of methoxy groups -OCH3 is 1. The highest BCUT2D eigenvalue weighted by Crippen LogP contribution is 2.36. The number of nitrogens with zero attached hydrogens (tertiary/aromatic N) is 1. The van der Waals surface area contributed by atoms with E-state index < -0.39 is 17.1 Å². The van der Waals surface area contributed by atoms with Crippen molar-refractivity contribution in [3.05, 3.63) is 70.6 Å². The predicted molar refractivity (Wildman–Crippen MR) is 121 cm³/mol. The number of allylic oxidation sites excluding steroid dienone is 1. The van der Waals surface area contributed by atoms with Crippen LogP contribution in [0.15, 0.2) is 54.0 Å². The SMILES string of the molecule is C=CCc1cc(/C=C2\SC(=O)N(CC(=O)Nc3ccccc3C)C2=O)cc(OC)c1O. The third kappa shape index (κ3) is 4.97. The van der Waals surface area contributed by atoms with Gasteiger partial charge in [-0.25, -0.2) is 0 Å². The molecule has 0 spiro atoms. The summed E-state index contributed by atoms with van der Waals surface area (Å²) in [4.78, 5) is 38.6. The predicted octanol–water partition coefficient (Wildman–Crippen LogP) is 4.11. The Kier molecular flexibility index (Phi) is 6.81. The number of rotatable bonds is 7. The summed E-state index contributed by atoms with van der Waals surface area (Å²) in [6.07, 6.45) is 3.59. The van der Waals surface area contributed by atoms with Crippen molar-refractivity contribution in [3.63, 3.8) is 0 Å². The lowest BCUT2D eigenvalue weighted by Gasteiger charge is -2.13. The maximum absolute atomic E-state index is 12.7. The molecule has 0 aromatic heterocycles. The van der Waals surface area contributed by atoms with Crippen molar-refractivity contribution in [3.8, 4) is 11.5 Å². The number of nitrogens with one attached hydrogen (secondary N) is 1. The van der Waals surface area contributed by atoms with Gasteiger partial charge in [-0.05, 0) is 60.5 Å². The van der Waals surface area contributed by atoms with E-state index in [-0.39, 0.29) is 22.9 Å². The van der Waals surface area contributed by atoms with E-state index in [0.29, 0.717) is 23.2 Å². The molecule has 7 nitrogen and oxygen atoms in total. The number of anilines is 1. The van der Waals surface area contributed by atoms with Crippen LogP contribution in [0.25, 0.3) is 6.08 Å². The third-order valence-electron chi connectivity index (χ3n) is 4.65. The molecule has 1 fully saturated rings. The Morgan fingerprint density at radius 2 is 2.03 bits per heavy atom. The number of thioether (sulfide) groups is 1. The second-order valence-electron chi connectivity index (χ2n) is 6.85. The van der Waals surface area contributed by atoms with Gasteiger partial charge in [0.2, 0.25) is 5.91 Å². The van der Waals surface area contributed by atoms with Gasteiger partial charge in [-0.2, -0.15) is 0 Å². The Balaban J connectivity index is 1.79. The molecule has 0 unspecified atom stereocenters. The van der Waals surface area contributed by atoms with E-state index in [9.17, 15) is 19.5 Å². The van der Waals surface area contributed by atoms with Crippen molar-refractivity contribution in [2.45, 2.75) is 13.3 Å². The summed E-state index contributed by atoms with van der Waals surface area (Å²) < 4.78 is 5.19. The van der Waals surface area contributed by atoms with Crippen molar-refractivity contribution in [2.24, 2.45) is 0 Å². The van der Waals surface area contributed by atoms with Gasteiger partial charge in [0.1, 0.15) is 6.54 Å². The number of ether oxygens (including phenoxy) is 1. The van der Waals surface area contributed by atoms with Crippen molar-refractivity contribution in [1.29, 1.82) is 0 Å². The quantitative estimate of drug-likeness (QED) is 0.499. The normalized spacial score (nSPS) is 14.8. The summed E-state index contributed by atoms with van der Waals surface area (Å²) in [6.45, 7) is 5.14. The van der Waals surface area contributed by atoms with Gasteiger partial charge >= 0.3 is 0 Å². The molecule has 2 aromatic rings. The van der Waals surface area contributed by atoms with Crippen LogP contribution in [-0.2, 0) is 16.0 Å². The Morgan fingerprint density at radius 3 is 2.71 bits per heavy atom. The minimum absolute atomic E-state index is 0.000492. The average Bonchev–Trinajstić information content (AvgIpc) is 2.99. The van der Waals surface area contributed by atoms with E-state index in [1.54, 1.807) is 36.4 Å². The first-order chi connectivity index (χ1) is 14.8. The summed E-state index contributed by atoms with van der Waals surface area (Å²) in [5, 5.41) is 12.4. The van der Waals surface area contributed by atoms with Gasteiger partial charge in [0.05, 0.1) is 12.0 Å². The van der Waals surface area contributed by atoms with Crippen LogP contribution in [0.3, 0.4) is 0 Å². The molecule has 1 saturated heterocycles. The van der Waals surface area contributed by atoms with E-state index in [2.05, 4.69) is 11.9 Å². The highest BCUT2D eigenvalue weighted by Gasteiger charge is 2.36. The number of aromatic hydroxyl groups is 1. The molecule has 0 aliphatic carbocycles. The lowest BCUT2D eigenvalue weighted by molar-refractivity contribution is -0.127. The summed E-state index contributed by atoms with van der Waals surface area (Å²) in [6, 6.07) is 10.5. The average molecular weight is 439 g/mol. The van der Waals surface area contributed by atoms with Gasteiger partial charge < -0.3 is 15.2 Å². The fourth-order valence-corrected chi connectivity index (χ4v) is 3.91. The summed E-state index contributed by atoms with van der Waals surface area (Å²) in [7, 11) is 1.43. The van der Waals surface area contributed by atoms with Crippen LogP contribution in [0.2, 0.25) is 0 Å². The van der Waals surface area contributed by atoms with Gasteiger partial charge in [0.25, 0.3) is 11.1 Å². The number of amides is 3. The fourth-order valence-electron chi connectivity index (χ4n) is 3.07. The van der Waals surface area contributed by atoms with Gasteiger partial charge in [0.15, 0.2) is 11.5 Å². The number of hydrogen-bond donors (Lipinski definition) is 2. The molecular formula is C23H22N2O5S. The minimum Gasteiger partial charge on any atom is -0.504 e. The summed E-state index contributed by atoms with van der Waals surface area (Å²) >= 11 is 0.760. The largest absolute Gasteiger partial charge is 0.504 e. The summed E-state index contributed by atoms with van der Waals surface area (Å²) in [5.74, 6) is -0.757. The van der Waals surface area contributed by atoms with Crippen LogP contribution in [0.4, 0.5) is 10.5 Å². The molecule has 3 amide bonds. The molecule has 3 rings (SSSR count). The van der Waals surface area contributed by atoms with Crippen LogP contribution in [0.5, 0.6) is 11.5 Å². The lowest BCUT2D eigenvalue weighted by atomic mass is 10.1. The number of hydrogen-bond acceptors (Lipinski definition) is 6. The number of imide groups is 1. The van der Waals surface area contributed by atoms with E-state index in [1.807, 2.05) is 19.1 Å². The second kappa shape index (κ2) is 9.53. The molecule has 1 aliphatic rings. The number of benzene rings is 2. The molecule has 0 saturated carbocycles. The lowest BCUT2D eigenvalue weighted by Crippen LogP contribution is -2.36. The molecule has 1 aliphatic heterocycles. The minimum atomic E-state index is -0.549. The number of carbonyl (C=O) groups excluding carboxylic acids is 3. The Hall–Kier alpha value is -3.52. The van der Waals surface area contributed by atoms with Crippen LogP contribution in [0, 0.1) is 6.92 Å². The monoisotopic (exact) mass is 438 g/mol. The van der Waals surface area contributed by atoms with Gasteiger partial charge in [-0.1, -0.05) is 24.3 Å². The first kappa shape index (κ1) is 22.2. The van der Waals surface area contributed by atoms with Crippen LogP contribution < -0.4 is 10.1 Å². The Labute approximate surface area is 184 Å². The van der Waals surface area contributed by atoms with E-state index >= 15 is 0 Å². The smallest absolute Gasteiger partial charge is 0.294 e. The molecule has 31 heavy (non-hydrogen) atoms. The second-order valence-corrected chi connectivity index (χ2v) is 7.85. The molecule has 160 valence electrons. The van der Waals surface area contributed by atoms with E-state index in [0.717, 1.165) is 22.2 Å². The molecule has 0 radical (unpaired) electrons. The van der Waals surface area contributed by atoms with Crippen molar-refractivity contribution in [1.82, 2.24) is 4.90 Å². The maximum atomic E-state index is 12.7. The highest BCUT2D eigenvalue weighted by atomic mass is 32.2. The zero-order valence-corrected chi connectivity index (χ0v) is 18.0. The molecule has 2 aromatic carbocycles. The maximum Gasteiger partial charge on any atom is 0.294 e. The zero-order chi connectivity index (χ0) is 22.5. The molecule has 2 N–H and O–H groups in total. The number of phenols is 1. The van der Waals surface area contributed by atoms with Crippen LogP contribution in [0.1, 0.15) is 16.7 Å². The first-order valence-corrected chi connectivity index (χ1v) is 10.3. The molecule has 1 heterocycles. The fraction of sp³-hybridized carbons (Fsp3) is 0.174. The van der Waals surface area contributed by atoms with Crippen LogP contribution in [-0.4, -0.2) is 40.7 Å². The molecule has 8 heteroatoms. The number of phenolic OH excluding ortho intramolecular Hbond substituents is 1. The van der Waals surface area contributed by atoms with Crippen molar-refractivity contribution in [2.75, 3.05) is 19.0 Å². The summed E-state index contributed by atoms with van der Waals surface area (Å²) in [5.41, 5.74) is 2.67. The highest BCUT2D eigenvalue weighted by molar-refractivity contribution is 8.18. The molecule has 0 atom stereocenters. The Bertz CT molecular complexity index is 1090. The van der Waals surface area contributed by atoms with Gasteiger partial charge in [-0.15, -0.1) is 6.58 Å². The standard InChI is InChI=1S/C23H22N2O5S/c1-4-7-16-10-15(11-18(30-3)21(16)27)12-19-22(28)25(23(29)31-19)13-20(26)24-17-9-6-5-8-14(17)2/h4-6,8-12,27H,1,7,13H2,2-3H3,(H,24,26)/b19-12-. The molecule has 0 bridgehead atoms. The topological polar surface area (TPSA) is 95.9 Å². The number of aryl methyl sites for hydroxylation is 1. The van der Waals surface area contributed by atoms with Crippen molar-refractivity contribution < 1.29 is 24.2 Å². The Morgan fingerprint density at radius 1 is 1.29 bits per heavy atom.